The van der Waals surface area contributed by atoms with Gasteiger partial charge in [-0.05, 0) is 30.2 Å². The molecule has 0 radical (unpaired) electrons. The van der Waals surface area contributed by atoms with Crippen molar-refractivity contribution in [2.24, 2.45) is 11.8 Å². The summed E-state index contributed by atoms with van der Waals surface area (Å²) in [5.74, 6) is 3.38. The minimum absolute atomic E-state index is 0.690. The molecule has 0 saturated heterocycles. The van der Waals surface area contributed by atoms with Gasteiger partial charge in [-0.25, -0.2) is 9.97 Å². The molecule has 0 aliphatic heterocycles. The molecule has 2 aromatic rings. The van der Waals surface area contributed by atoms with E-state index in [1.54, 1.807) is 19.5 Å². The lowest BCUT2D eigenvalue weighted by Gasteiger charge is -2.28. The van der Waals surface area contributed by atoms with Crippen LogP contribution >= 0.6 is 0 Å². The highest BCUT2D eigenvalue weighted by atomic mass is 16.5. The summed E-state index contributed by atoms with van der Waals surface area (Å²) in [6.45, 7) is 2.30. The van der Waals surface area contributed by atoms with Crippen molar-refractivity contribution in [3.63, 3.8) is 0 Å². The number of aromatic nitrogens is 2. The molecule has 0 atom stereocenters. The van der Waals surface area contributed by atoms with Crippen LogP contribution in [0.2, 0.25) is 0 Å². The van der Waals surface area contributed by atoms with E-state index >= 15 is 0 Å². The Bertz CT molecular complexity index is 643. The van der Waals surface area contributed by atoms with Gasteiger partial charge >= 0.3 is 0 Å². The second kappa shape index (κ2) is 9.70. The van der Waals surface area contributed by atoms with E-state index in [0.29, 0.717) is 5.75 Å². The van der Waals surface area contributed by atoms with Gasteiger partial charge in [-0.3, -0.25) is 0 Å². The zero-order chi connectivity index (χ0) is 18.2. The number of benzene rings is 1. The third-order valence-corrected chi connectivity index (χ3v) is 5.85. The van der Waals surface area contributed by atoms with Crippen LogP contribution < -0.4 is 4.74 Å². The molecule has 140 valence electrons. The molecule has 1 aliphatic rings. The van der Waals surface area contributed by atoms with Gasteiger partial charge in [0.05, 0.1) is 19.5 Å². The summed E-state index contributed by atoms with van der Waals surface area (Å²) in [7, 11) is 1.63. The summed E-state index contributed by atoms with van der Waals surface area (Å²) in [5.41, 5.74) is 2.49. The number of aryl methyl sites for hydroxylation is 1. The topological polar surface area (TPSA) is 35.0 Å². The zero-order valence-corrected chi connectivity index (χ0v) is 16.3. The van der Waals surface area contributed by atoms with E-state index in [0.717, 1.165) is 23.2 Å². The second-order valence-electron chi connectivity index (χ2n) is 7.71. The van der Waals surface area contributed by atoms with Crippen molar-refractivity contribution in [3.8, 4) is 17.1 Å². The van der Waals surface area contributed by atoms with Crippen LogP contribution in [0, 0.1) is 11.8 Å². The first-order chi connectivity index (χ1) is 12.8. The van der Waals surface area contributed by atoms with Crippen LogP contribution in [0.15, 0.2) is 36.7 Å². The average Bonchev–Trinajstić information content (AvgIpc) is 2.72. The normalized spacial score (nSPS) is 20.1. The molecule has 1 aromatic carbocycles. The maximum absolute atomic E-state index is 5.11. The fourth-order valence-corrected chi connectivity index (χ4v) is 4.06. The van der Waals surface area contributed by atoms with E-state index in [-0.39, 0.29) is 0 Å². The van der Waals surface area contributed by atoms with Crippen molar-refractivity contribution in [1.82, 2.24) is 9.97 Å². The summed E-state index contributed by atoms with van der Waals surface area (Å²) < 4.78 is 5.11. The molecule has 26 heavy (non-hydrogen) atoms. The van der Waals surface area contributed by atoms with Crippen LogP contribution in [0.1, 0.15) is 63.9 Å². The number of rotatable bonds is 8. The summed E-state index contributed by atoms with van der Waals surface area (Å²) in [5, 5.41) is 0. The van der Waals surface area contributed by atoms with Crippen LogP contribution in [0.25, 0.3) is 11.4 Å². The Morgan fingerprint density at radius 1 is 0.923 bits per heavy atom. The number of unbranched alkanes of at least 4 members (excludes halogenated alkanes) is 1. The highest BCUT2D eigenvalue weighted by Gasteiger charge is 2.20. The predicted molar refractivity (Wildman–Crippen MR) is 107 cm³/mol. The highest BCUT2D eigenvalue weighted by molar-refractivity contribution is 5.55. The molecule has 1 aliphatic carbocycles. The monoisotopic (exact) mass is 352 g/mol. The van der Waals surface area contributed by atoms with Gasteiger partial charge in [-0.15, -0.1) is 0 Å². The Morgan fingerprint density at radius 2 is 1.54 bits per heavy atom. The minimum Gasteiger partial charge on any atom is -0.494 e. The van der Waals surface area contributed by atoms with E-state index in [2.05, 4.69) is 41.2 Å². The number of hydrogen-bond donors (Lipinski definition) is 0. The Labute approximate surface area is 158 Å². The smallest absolute Gasteiger partial charge is 0.159 e. The summed E-state index contributed by atoms with van der Waals surface area (Å²) >= 11 is 0. The summed E-state index contributed by atoms with van der Waals surface area (Å²) in [6, 6.07) is 8.74. The van der Waals surface area contributed by atoms with Crippen LogP contribution in [-0.4, -0.2) is 17.1 Å². The molecule has 1 heterocycles. The quantitative estimate of drug-likeness (QED) is 0.577. The minimum atomic E-state index is 0.690. The number of hydrogen-bond acceptors (Lipinski definition) is 3. The Morgan fingerprint density at radius 3 is 2.12 bits per heavy atom. The molecule has 0 spiro atoms. The SMILES string of the molecule is CCCCC1CCC(CCc2ccc(-c3ncc(OC)cn3)cc2)CC1. The van der Waals surface area contributed by atoms with Crippen LogP contribution in [0.5, 0.6) is 5.75 Å². The fourth-order valence-electron chi connectivity index (χ4n) is 4.06. The molecule has 1 aromatic heterocycles. The zero-order valence-electron chi connectivity index (χ0n) is 16.3. The Hall–Kier alpha value is -1.90. The third-order valence-electron chi connectivity index (χ3n) is 5.85. The lowest BCUT2D eigenvalue weighted by atomic mass is 9.78. The fraction of sp³-hybridized carbons (Fsp3) is 0.565. The predicted octanol–water partition coefficient (Wildman–Crippen LogP) is 6.08. The molecule has 3 rings (SSSR count). The van der Waals surface area contributed by atoms with E-state index in [9.17, 15) is 0 Å². The summed E-state index contributed by atoms with van der Waals surface area (Å²) in [6.07, 6.45) is 16.0. The highest BCUT2D eigenvalue weighted by Crippen LogP contribution is 2.34. The van der Waals surface area contributed by atoms with E-state index < -0.39 is 0 Å². The van der Waals surface area contributed by atoms with Crippen LogP contribution in [-0.2, 0) is 6.42 Å². The van der Waals surface area contributed by atoms with Crippen molar-refractivity contribution in [1.29, 1.82) is 0 Å². The van der Waals surface area contributed by atoms with Gasteiger partial charge in [0.2, 0.25) is 0 Å². The van der Waals surface area contributed by atoms with Gasteiger partial charge in [0.1, 0.15) is 0 Å². The van der Waals surface area contributed by atoms with Crippen molar-refractivity contribution >= 4 is 0 Å². The van der Waals surface area contributed by atoms with E-state index in [4.69, 9.17) is 4.74 Å². The molecule has 0 unspecified atom stereocenters. The largest absolute Gasteiger partial charge is 0.494 e. The number of nitrogens with zero attached hydrogens (tertiary/aromatic N) is 2. The molecule has 0 bridgehead atoms. The lowest BCUT2D eigenvalue weighted by Crippen LogP contribution is -2.15. The maximum Gasteiger partial charge on any atom is 0.159 e. The van der Waals surface area contributed by atoms with Gasteiger partial charge in [0.25, 0.3) is 0 Å². The first kappa shape index (κ1) is 18.9. The second-order valence-corrected chi connectivity index (χ2v) is 7.71. The van der Waals surface area contributed by atoms with E-state index in [1.807, 2.05) is 0 Å². The molecule has 0 amide bonds. The molecular weight excluding hydrogens is 320 g/mol. The van der Waals surface area contributed by atoms with Crippen molar-refractivity contribution < 1.29 is 4.74 Å². The van der Waals surface area contributed by atoms with Crippen molar-refractivity contribution in [2.75, 3.05) is 7.11 Å². The first-order valence-electron chi connectivity index (χ1n) is 10.2. The third kappa shape index (κ3) is 5.30. The lowest BCUT2D eigenvalue weighted by molar-refractivity contribution is 0.250. The molecule has 0 N–H and O–H groups in total. The van der Waals surface area contributed by atoms with Crippen molar-refractivity contribution in [3.05, 3.63) is 42.2 Å². The number of ether oxygens (including phenoxy) is 1. The molecule has 3 nitrogen and oxygen atoms in total. The van der Waals surface area contributed by atoms with Gasteiger partial charge in [-0.2, -0.15) is 0 Å². The van der Waals surface area contributed by atoms with Gasteiger partial charge in [0, 0.05) is 5.56 Å². The van der Waals surface area contributed by atoms with Gasteiger partial charge < -0.3 is 4.74 Å². The van der Waals surface area contributed by atoms with Gasteiger partial charge in [-0.1, -0.05) is 76.1 Å². The molecule has 1 saturated carbocycles. The molecule has 1 fully saturated rings. The summed E-state index contributed by atoms with van der Waals surface area (Å²) in [4.78, 5) is 8.72. The standard InChI is InChI=1S/C23H32N2O/c1-3-4-5-18-6-8-19(9-7-18)10-11-20-12-14-21(15-13-20)23-24-16-22(26-2)17-25-23/h12-19H,3-11H2,1-2H3. The Balaban J connectivity index is 1.46. The number of methoxy groups -OCH3 is 1. The first-order valence-corrected chi connectivity index (χ1v) is 10.2. The van der Waals surface area contributed by atoms with Gasteiger partial charge in [0.15, 0.2) is 11.6 Å². The van der Waals surface area contributed by atoms with Crippen molar-refractivity contribution in [2.45, 2.75) is 64.7 Å². The molecular formula is C23H32N2O. The average molecular weight is 353 g/mol. The Kier molecular flexibility index (Phi) is 7.04. The van der Waals surface area contributed by atoms with Crippen LogP contribution in [0.3, 0.4) is 0 Å². The van der Waals surface area contributed by atoms with Crippen LogP contribution in [0.4, 0.5) is 0 Å². The maximum atomic E-state index is 5.11. The van der Waals surface area contributed by atoms with E-state index in [1.165, 1.54) is 63.4 Å². The molecule has 3 heteroatoms.